The molecular weight excluding hydrogens is 249 g/mol. The minimum atomic E-state index is -4.96. The molecule has 0 fully saturated rings. The van der Waals surface area contributed by atoms with Gasteiger partial charge in [-0.2, -0.15) is 21.6 Å². The van der Waals surface area contributed by atoms with Gasteiger partial charge in [0, 0.05) is 0 Å². The molecule has 0 aromatic heterocycles. The molecule has 0 aromatic carbocycles. The Balaban J connectivity index is 4.96. The van der Waals surface area contributed by atoms with Gasteiger partial charge in [0.25, 0.3) is 0 Å². The number of aliphatic hydroxyl groups is 1. The van der Waals surface area contributed by atoms with Crippen LogP contribution in [0.4, 0.5) is 13.2 Å². The Kier molecular flexibility index (Phi) is 4.64. The maximum atomic E-state index is 12.4. The van der Waals surface area contributed by atoms with Gasteiger partial charge in [0.2, 0.25) is 5.60 Å². The molecule has 0 bridgehead atoms. The summed E-state index contributed by atoms with van der Waals surface area (Å²) in [6, 6.07) is 0. The van der Waals surface area contributed by atoms with Crippen molar-refractivity contribution in [2.75, 3.05) is 6.26 Å². The normalized spacial score (nSPS) is 15.9. The molecule has 94 valence electrons. The maximum Gasteiger partial charge on any atom is 0.428 e. The molecule has 0 radical (unpaired) electrons. The molecule has 16 heavy (non-hydrogen) atoms. The van der Waals surface area contributed by atoms with E-state index in [1.54, 1.807) is 0 Å². The van der Waals surface area contributed by atoms with Gasteiger partial charge in [-0.25, -0.2) is 0 Å². The van der Waals surface area contributed by atoms with Crippen LogP contribution in [0.3, 0.4) is 0 Å². The van der Waals surface area contributed by atoms with Crippen LogP contribution in [-0.4, -0.2) is 31.6 Å². The SMILES string of the molecule is CCCC(O)(C#COS(C)(=O)=O)C(F)(F)F. The molecule has 8 heteroatoms. The van der Waals surface area contributed by atoms with Gasteiger partial charge in [-0.3, -0.25) is 0 Å². The minimum Gasteiger partial charge on any atom is -0.370 e. The molecule has 0 saturated heterocycles. The van der Waals surface area contributed by atoms with Gasteiger partial charge >= 0.3 is 16.3 Å². The van der Waals surface area contributed by atoms with E-state index in [-0.39, 0.29) is 6.42 Å². The summed E-state index contributed by atoms with van der Waals surface area (Å²) in [6.45, 7) is 1.43. The van der Waals surface area contributed by atoms with Crippen molar-refractivity contribution < 1.29 is 30.9 Å². The Morgan fingerprint density at radius 1 is 1.38 bits per heavy atom. The van der Waals surface area contributed by atoms with Crippen LogP contribution in [0.15, 0.2) is 0 Å². The first-order valence-electron chi connectivity index (χ1n) is 4.21. The summed E-state index contributed by atoms with van der Waals surface area (Å²) in [6.07, 6.45) is -3.60. The topological polar surface area (TPSA) is 63.6 Å². The Morgan fingerprint density at radius 3 is 2.19 bits per heavy atom. The van der Waals surface area contributed by atoms with Gasteiger partial charge < -0.3 is 9.29 Å². The highest BCUT2D eigenvalue weighted by Gasteiger charge is 2.52. The average molecular weight is 260 g/mol. The van der Waals surface area contributed by atoms with E-state index in [1.165, 1.54) is 19.0 Å². The van der Waals surface area contributed by atoms with E-state index >= 15 is 0 Å². The Bertz CT molecular complexity index is 390. The monoisotopic (exact) mass is 260 g/mol. The molecule has 0 aromatic rings. The van der Waals surface area contributed by atoms with Crippen LogP contribution in [0, 0.1) is 12.0 Å². The predicted octanol–water partition coefficient (Wildman–Crippen LogP) is 1.02. The fraction of sp³-hybridized carbons (Fsp3) is 0.750. The van der Waals surface area contributed by atoms with Crippen molar-refractivity contribution in [3.05, 3.63) is 0 Å². The van der Waals surface area contributed by atoms with Gasteiger partial charge in [-0.1, -0.05) is 13.3 Å². The van der Waals surface area contributed by atoms with E-state index in [0.717, 1.165) is 0 Å². The number of hydrogen-bond donors (Lipinski definition) is 1. The number of rotatable bonds is 3. The second-order valence-corrected chi connectivity index (χ2v) is 4.70. The van der Waals surface area contributed by atoms with Crippen LogP contribution in [0.2, 0.25) is 0 Å². The van der Waals surface area contributed by atoms with E-state index < -0.39 is 28.3 Å². The highest BCUT2D eigenvalue weighted by molar-refractivity contribution is 7.86. The quantitative estimate of drug-likeness (QED) is 0.607. The molecule has 0 spiro atoms. The molecule has 0 amide bonds. The van der Waals surface area contributed by atoms with E-state index in [9.17, 15) is 26.7 Å². The van der Waals surface area contributed by atoms with Crippen molar-refractivity contribution in [3.8, 4) is 12.0 Å². The highest BCUT2D eigenvalue weighted by atomic mass is 32.2. The van der Waals surface area contributed by atoms with E-state index in [4.69, 9.17) is 0 Å². The lowest BCUT2D eigenvalue weighted by Gasteiger charge is -2.23. The van der Waals surface area contributed by atoms with E-state index in [0.29, 0.717) is 6.26 Å². The van der Waals surface area contributed by atoms with Crippen LogP contribution in [0.5, 0.6) is 0 Å². The average Bonchev–Trinajstić information content (AvgIpc) is 1.99. The van der Waals surface area contributed by atoms with Crippen molar-refractivity contribution in [3.63, 3.8) is 0 Å². The molecule has 0 aliphatic carbocycles. The first kappa shape index (κ1) is 15.1. The predicted molar refractivity (Wildman–Crippen MR) is 49.6 cm³/mol. The Labute approximate surface area is 91.5 Å². The van der Waals surface area contributed by atoms with Gasteiger partial charge in [0.15, 0.2) is 0 Å². The van der Waals surface area contributed by atoms with Crippen LogP contribution in [-0.2, 0) is 14.3 Å². The van der Waals surface area contributed by atoms with Crippen molar-refractivity contribution >= 4 is 10.1 Å². The largest absolute Gasteiger partial charge is 0.428 e. The third-order valence-corrected chi connectivity index (χ3v) is 1.92. The smallest absolute Gasteiger partial charge is 0.370 e. The fourth-order valence-electron chi connectivity index (χ4n) is 0.818. The highest BCUT2D eigenvalue weighted by Crippen LogP contribution is 2.33. The Morgan fingerprint density at radius 2 is 1.88 bits per heavy atom. The third kappa shape index (κ3) is 4.72. The van der Waals surface area contributed by atoms with E-state index in [1.807, 2.05) is 0 Å². The lowest BCUT2D eigenvalue weighted by molar-refractivity contribution is -0.237. The zero-order valence-corrected chi connectivity index (χ0v) is 9.44. The van der Waals surface area contributed by atoms with Crippen molar-refractivity contribution in [2.45, 2.75) is 31.5 Å². The second kappa shape index (κ2) is 4.93. The first-order valence-corrected chi connectivity index (χ1v) is 6.03. The minimum absolute atomic E-state index is 0.0313. The molecule has 4 nitrogen and oxygen atoms in total. The number of alkyl halides is 3. The lowest BCUT2D eigenvalue weighted by Crippen LogP contribution is -2.43. The molecule has 0 aliphatic rings. The van der Waals surface area contributed by atoms with Gasteiger partial charge in [0.1, 0.15) is 6.11 Å². The Hall–Kier alpha value is -0.940. The molecule has 0 aliphatic heterocycles. The standard InChI is InChI=1S/C8H11F3O4S/c1-3-4-7(12,8(9,10)11)5-6-15-16(2,13)14/h12H,3-4H2,1-2H3. The van der Waals surface area contributed by atoms with Crippen LogP contribution < -0.4 is 0 Å². The summed E-state index contributed by atoms with van der Waals surface area (Å²) >= 11 is 0. The van der Waals surface area contributed by atoms with Crippen LogP contribution in [0.1, 0.15) is 19.8 Å². The summed E-state index contributed by atoms with van der Waals surface area (Å²) in [7, 11) is -3.96. The maximum absolute atomic E-state index is 12.4. The molecule has 1 unspecified atom stereocenters. The molecular formula is C8H11F3O4S. The van der Waals surface area contributed by atoms with Gasteiger partial charge in [-0.15, -0.1) is 0 Å². The van der Waals surface area contributed by atoms with Crippen molar-refractivity contribution in [1.82, 2.24) is 0 Å². The molecule has 0 saturated carbocycles. The van der Waals surface area contributed by atoms with Gasteiger partial charge in [0.05, 0.1) is 6.26 Å². The summed E-state index contributed by atoms with van der Waals surface area (Å²) in [5, 5.41) is 9.17. The first-order chi connectivity index (χ1) is 7.02. The fourth-order valence-corrected chi connectivity index (χ4v) is 1.01. The lowest BCUT2D eigenvalue weighted by atomic mass is 9.99. The molecule has 0 rings (SSSR count). The second-order valence-electron chi connectivity index (χ2n) is 3.12. The van der Waals surface area contributed by atoms with Crippen molar-refractivity contribution in [1.29, 1.82) is 0 Å². The zero-order chi connectivity index (χ0) is 13.0. The molecule has 0 heterocycles. The third-order valence-electron chi connectivity index (χ3n) is 1.53. The molecule has 1 N–H and O–H groups in total. The summed E-state index contributed by atoms with van der Waals surface area (Å²) in [5.74, 6) is 1.37. The number of halogens is 3. The summed E-state index contributed by atoms with van der Waals surface area (Å²) in [5.41, 5.74) is -3.24. The van der Waals surface area contributed by atoms with E-state index in [2.05, 4.69) is 4.18 Å². The summed E-state index contributed by atoms with van der Waals surface area (Å²) < 4.78 is 61.8. The van der Waals surface area contributed by atoms with Crippen molar-refractivity contribution in [2.24, 2.45) is 0 Å². The molecule has 1 atom stereocenters. The summed E-state index contributed by atoms with van der Waals surface area (Å²) in [4.78, 5) is 0. The van der Waals surface area contributed by atoms with Crippen LogP contribution in [0.25, 0.3) is 0 Å². The number of hydrogen-bond acceptors (Lipinski definition) is 4. The van der Waals surface area contributed by atoms with Gasteiger partial charge in [-0.05, 0) is 12.3 Å². The van der Waals surface area contributed by atoms with Crippen LogP contribution >= 0.6 is 0 Å². The zero-order valence-electron chi connectivity index (χ0n) is 8.63.